The van der Waals surface area contributed by atoms with Crippen molar-refractivity contribution in [1.29, 1.82) is 0 Å². The fourth-order valence-electron chi connectivity index (χ4n) is 1.83. The summed E-state index contributed by atoms with van der Waals surface area (Å²) in [6.45, 7) is 22.3. The molecule has 0 saturated carbocycles. The Morgan fingerprint density at radius 1 is 0.270 bits per heavy atom. The Morgan fingerprint density at radius 2 is 0.349 bits per heavy atom. The van der Waals surface area contributed by atoms with E-state index in [-0.39, 0.29) is 96.3 Å². The van der Waals surface area contributed by atoms with Gasteiger partial charge in [0.05, 0.1) is 52.9 Å². The van der Waals surface area contributed by atoms with Crippen LogP contribution in [-0.2, 0) is 90.0 Å². The number of phosphoric ester groups is 8. The van der Waals surface area contributed by atoms with Gasteiger partial charge in [0, 0.05) is 0 Å². The van der Waals surface area contributed by atoms with E-state index < -0.39 is 62.6 Å². The summed E-state index contributed by atoms with van der Waals surface area (Å²) < 4.78 is 134. The minimum absolute atomic E-state index is 0. The Labute approximate surface area is 387 Å². The Morgan fingerprint density at radius 3 is 0.413 bits per heavy atom. The first-order valence-corrected chi connectivity index (χ1v) is 26.4. The molecule has 8 unspecified atom stereocenters. The van der Waals surface area contributed by atoms with Gasteiger partial charge >= 0.3 is 31.1 Å². The molecular formula is C24H48N2O28P8U. The van der Waals surface area contributed by atoms with E-state index in [9.17, 15) is 75.7 Å². The fraction of sp³-hybridized carbons (Fsp3) is 0.333. The first-order valence-electron chi connectivity index (χ1n) is 14.7. The Kier molecular flexibility index (Phi) is 48.8. The molecule has 0 rings (SSSR count). The molecule has 0 heterocycles. The molecule has 0 amide bonds. The molecule has 0 saturated heterocycles. The van der Waals surface area contributed by atoms with Gasteiger partial charge in [0.1, 0.15) is 0 Å². The Balaban J connectivity index is -0.000000131. The van der Waals surface area contributed by atoms with Crippen LogP contribution < -0.4 is 51.4 Å². The van der Waals surface area contributed by atoms with Gasteiger partial charge < -0.3 is 87.6 Å². The van der Waals surface area contributed by atoms with E-state index >= 15 is 0 Å². The number of phosphoric acid groups is 8. The maximum atomic E-state index is 10.8. The van der Waals surface area contributed by atoms with Crippen LogP contribution in [0.5, 0.6) is 0 Å². The second kappa shape index (κ2) is 39.9. The van der Waals surface area contributed by atoms with Gasteiger partial charge in [-0.3, -0.25) is 36.5 Å². The third kappa shape index (κ3) is 54.4. The van der Waals surface area contributed by atoms with Crippen molar-refractivity contribution in [2.24, 2.45) is 0 Å². The SMILES string of the molecule is C=CCOP(=O)([O-])OP(=O)([O-])OCC=C.C=CCOP(=O)([O-])OP(=O)([O-])OCC=C.C=CCOP(=O)([O-])OP(=O)([O-])OCC=C.C=CCOP(=O)([O-])OP(=O)([O-])OCC=C.[NH4+].[NH4+].[U+6]. The van der Waals surface area contributed by atoms with Crippen molar-refractivity contribution in [3.8, 4) is 0 Å². The van der Waals surface area contributed by atoms with Crippen LogP contribution in [0.1, 0.15) is 0 Å². The molecule has 0 aromatic heterocycles. The normalized spacial score (nSPS) is 17.9. The third-order valence-electron chi connectivity index (χ3n) is 3.60. The zero-order valence-electron chi connectivity index (χ0n) is 33.4. The number of rotatable bonds is 32. The molecule has 39 heteroatoms. The summed E-state index contributed by atoms with van der Waals surface area (Å²) in [7, 11) is -39.4. The van der Waals surface area contributed by atoms with Gasteiger partial charge in [-0.2, -0.15) is 0 Å². The van der Waals surface area contributed by atoms with Gasteiger partial charge in [-0.25, -0.2) is 17.2 Å². The predicted octanol–water partition coefficient (Wildman–Crippen LogP) is 2.13. The molecule has 8 N–H and O–H groups in total. The first-order chi connectivity index (χ1) is 27.3. The van der Waals surface area contributed by atoms with E-state index in [2.05, 4.69) is 106 Å². The standard InChI is InChI=1S/4C6H12O7P2.2H3N.U/c4*1-3-5-11-14(7,8)13-15(9,10)12-6-4-2;;;/h4*3-4H,1-2,5-6H2,(H,7,8)(H,9,10);2*1H3;/q;;;;;;+6/p-6. The van der Waals surface area contributed by atoms with Crippen LogP contribution in [0.2, 0.25) is 0 Å². The molecule has 0 aromatic carbocycles. The minimum atomic E-state index is -4.93. The molecule has 63 heavy (non-hydrogen) atoms. The van der Waals surface area contributed by atoms with Crippen molar-refractivity contribution in [3.05, 3.63) is 101 Å². The summed E-state index contributed by atoms with van der Waals surface area (Å²) in [6, 6.07) is 0. The molecule has 0 radical (unpaired) electrons. The second-order valence-electron chi connectivity index (χ2n) is 8.58. The molecule has 0 spiro atoms. The number of quaternary nitrogens is 2. The zero-order valence-corrected chi connectivity index (χ0v) is 44.8. The first kappa shape index (κ1) is 77.2. The van der Waals surface area contributed by atoms with E-state index in [1.807, 2.05) is 0 Å². The smallest absolute Gasteiger partial charge is 0.756 e. The topological polar surface area (TPSA) is 505 Å². The summed E-state index contributed by atoms with van der Waals surface area (Å²) in [5.41, 5.74) is 0. The maximum absolute atomic E-state index is 10.8. The van der Waals surface area contributed by atoms with Crippen LogP contribution in [0.15, 0.2) is 101 Å². The average Bonchev–Trinajstić information content (AvgIpc) is 3.10. The van der Waals surface area contributed by atoms with Gasteiger partial charge in [-0.15, -0.1) is 52.6 Å². The van der Waals surface area contributed by atoms with Crippen molar-refractivity contribution in [1.82, 2.24) is 12.3 Å². The van der Waals surface area contributed by atoms with Crippen molar-refractivity contribution in [3.63, 3.8) is 0 Å². The van der Waals surface area contributed by atoms with Gasteiger partial charge in [0.15, 0.2) is 0 Å². The molecule has 0 aliphatic rings. The van der Waals surface area contributed by atoms with E-state index in [0.717, 1.165) is 48.6 Å². The molecule has 30 nitrogen and oxygen atoms in total. The monoisotopic (exact) mass is 1300 g/mol. The predicted molar refractivity (Wildman–Crippen MR) is 206 cm³/mol. The van der Waals surface area contributed by atoms with Crippen LogP contribution >= 0.6 is 62.6 Å². The maximum Gasteiger partial charge on any atom is 6.00 e. The van der Waals surface area contributed by atoms with E-state index in [1.165, 1.54) is 0 Å². The van der Waals surface area contributed by atoms with Crippen LogP contribution in [0.3, 0.4) is 0 Å². The third-order valence-corrected chi connectivity index (χ3v) is 13.7. The van der Waals surface area contributed by atoms with Crippen LogP contribution in [0.25, 0.3) is 0 Å². The number of hydrogen-bond acceptors (Lipinski definition) is 28. The molecule has 0 aliphatic carbocycles. The second-order valence-corrected chi connectivity index (χ2v) is 20.4. The average molecular weight is 1300 g/mol. The molecule has 0 bridgehead atoms. The molecule has 0 aromatic rings. The molecule has 8 atom stereocenters. The molecule has 0 fully saturated rings. The molecule has 0 aliphatic heterocycles. The van der Waals surface area contributed by atoms with Gasteiger partial charge in [0.25, 0.3) is 62.6 Å². The fourth-order valence-corrected chi connectivity index (χ4v) is 9.56. The largest absolute Gasteiger partial charge is 6.00 e. The van der Waals surface area contributed by atoms with Crippen molar-refractivity contribution < 1.29 is 160 Å². The molecule has 366 valence electrons. The summed E-state index contributed by atoms with van der Waals surface area (Å²) in [5.74, 6) is 0. The molecular weight excluding hydrogens is 1250 g/mol. The zero-order chi connectivity index (χ0) is 47.8. The summed E-state index contributed by atoms with van der Waals surface area (Å²) in [6.07, 6.45) is 8.95. The Hall–Kier alpha value is -0.0681. The van der Waals surface area contributed by atoms with Gasteiger partial charge in [-0.05, 0) is 0 Å². The summed E-state index contributed by atoms with van der Waals surface area (Å²) >= 11 is 0. The van der Waals surface area contributed by atoms with Crippen LogP contribution in [-0.4, -0.2) is 52.9 Å². The van der Waals surface area contributed by atoms with Gasteiger partial charge in [-0.1, -0.05) is 48.6 Å². The quantitative estimate of drug-likeness (QED) is 0.0719. The minimum Gasteiger partial charge on any atom is -0.756 e. The summed E-state index contributed by atoms with van der Waals surface area (Å²) in [4.78, 5) is 86.6. The van der Waals surface area contributed by atoms with Crippen molar-refractivity contribution in [2.75, 3.05) is 52.9 Å². The van der Waals surface area contributed by atoms with E-state index in [0.29, 0.717) is 0 Å². The van der Waals surface area contributed by atoms with E-state index in [4.69, 9.17) is 0 Å². The Bertz CT molecular complexity index is 1400. The van der Waals surface area contributed by atoms with Crippen LogP contribution in [0, 0.1) is 31.1 Å². The van der Waals surface area contributed by atoms with Gasteiger partial charge in [0.2, 0.25) is 0 Å². The van der Waals surface area contributed by atoms with E-state index in [1.54, 1.807) is 0 Å². The van der Waals surface area contributed by atoms with Crippen LogP contribution in [0.4, 0.5) is 0 Å². The summed E-state index contributed by atoms with van der Waals surface area (Å²) in [5, 5.41) is 0. The van der Waals surface area contributed by atoms with Crippen molar-refractivity contribution in [2.45, 2.75) is 0 Å². The van der Waals surface area contributed by atoms with Crippen molar-refractivity contribution >= 4 is 62.6 Å². The number of hydrogen-bond donors (Lipinski definition) is 2.